The van der Waals surface area contributed by atoms with Gasteiger partial charge in [0.25, 0.3) is 5.91 Å². The summed E-state index contributed by atoms with van der Waals surface area (Å²) in [6.45, 7) is 1.63. The van der Waals surface area contributed by atoms with Gasteiger partial charge in [0.05, 0.1) is 0 Å². The fraction of sp³-hybridized carbons (Fsp3) is 0.364. The molecule has 0 aromatic heterocycles. The van der Waals surface area contributed by atoms with E-state index in [4.69, 9.17) is 11.6 Å². The van der Waals surface area contributed by atoms with E-state index in [1.54, 1.807) is 6.07 Å². The van der Waals surface area contributed by atoms with E-state index in [2.05, 4.69) is 5.32 Å². The topological polar surface area (TPSA) is 49.4 Å². The molecule has 5 heteroatoms. The van der Waals surface area contributed by atoms with E-state index in [0.29, 0.717) is 29.1 Å². The van der Waals surface area contributed by atoms with Crippen LogP contribution in [0.3, 0.4) is 0 Å². The number of anilines is 1. The zero-order valence-electron chi connectivity index (χ0n) is 15.4. The summed E-state index contributed by atoms with van der Waals surface area (Å²) in [5.41, 5.74) is 2.24. The highest BCUT2D eigenvalue weighted by atomic mass is 35.5. The van der Waals surface area contributed by atoms with E-state index in [0.717, 1.165) is 31.5 Å². The molecule has 0 bridgehead atoms. The van der Waals surface area contributed by atoms with Crippen LogP contribution in [-0.4, -0.2) is 29.8 Å². The Morgan fingerprint density at radius 3 is 2.44 bits per heavy atom. The molecule has 1 saturated heterocycles. The molecule has 4 nitrogen and oxygen atoms in total. The highest BCUT2D eigenvalue weighted by Gasteiger charge is 2.17. The number of benzene rings is 2. The van der Waals surface area contributed by atoms with Gasteiger partial charge in [0.2, 0.25) is 5.91 Å². The molecular formula is C22H25ClN2O2. The maximum atomic E-state index is 12.7. The van der Waals surface area contributed by atoms with Crippen LogP contribution in [0.15, 0.2) is 48.5 Å². The van der Waals surface area contributed by atoms with Gasteiger partial charge in [-0.1, -0.05) is 48.7 Å². The lowest BCUT2D eigenvalue weighted by molar-refractivity contribution is -0.116. The molecule has 1 fully saturated rings. The number of hydrogen-bond donors (Lipinski definition) is 1. The van der Waals surface area contributed by atoms with E-state index >= 15 is 0 Å². The summed E-state index contributed by atoms with van der Waals surface area (Å²) in [6.07, 6.45) is 5.41. The third kappa shape index (κ3) is 5.57. The first-order chi connectivity index (χ1) is 13.1. The number of amides is 2. The molecule has 1 aliphatic heterocycles. The van der Waals surface area contributed by atoms with Gasteiger partial charge in [-0.2, -0.15) is 0 Å². The molecule has 0 aliphatic carbocycles. The zero-order chi connectivity index (χ0) is 19.1. The number of nitrogens with one attached hydrogen (secondary N) is 1. The maximum absolute atomic E-state index is 12.7. The summed E-state index contributed by atoms with van der Waals surface area (Å²) >= 11 is 6.14. The molecule has 142 valence electrons. The quantitative estimate of drug-likeness (QED) is 0.794. The summed E-state index contributed by atoms with van der Waals surface area (Å²) in [6, 6.07) is 14.7. The van der Waals surface area contributed by atoms with Gasteiger partial charge in [-0.15, -0.1) is 0 Å². The number of likely N-dealkylation sites (tertiary alicyclic amines) is 1. The number of carbonyl (C=O) groups is 2. The van der Waals surface area contributed by atoms with Crippen molar-refractivity contribution in [2.24, 2.45) is 0 Å². The fourth-order valence-corrected chi connectivity index (χ4v) is 3.59. The predicted octanol–water partition coefficient (Wildman–Crippen LogP) is 4.93. The Hall–Kier alpha value is -2.33. The van der Waals surface area contributed by atoms with Crippen LogP contribution in [0.5, 0.6) is 0 Å². The van der Waals surface area contributed by atoms with Gasteiger partial charge in [-0.25, -0.2) is 0 Å². The lowest BCUT2D eigenvalue weighted by Crippen LogP contribution is -2.31. The van der Waals surface area contributed by atoms with Crippen LogP contribution in [0.1, 0.15) is 48.0 Å². The molecule has 1 aliphatic rings. The van der Waals surface area contributed by atoms with E-state index in [1.807, 2.05) is 47.4 Å². The third-order valence-electron chi connectivity index (χ3n) is 4.87. The van der Waals surface area contributed by atoms with Gasteiger partial charge in [0.1, 0.15) is 0 Å². The second-order valence-electron chi connectivity index (χ2n) is 6.93. The smallest absolute Gasteiger partial charge is 0.253 e. The van der Waals surface area contributed by atoms with Crippen molar-refractivity contribution < 1.29 is 9.59 Å². The maximum Gasteiger partial charge on any atom is 0.253 e. The van der Waals surface area contributed by atoms with E-state index in [9.17, 15) is 9.59 Å². The summed E-state index contributed by atoms with van der Waals surface area (Å²) in [7, 11) is 0. The summed E-state index contributed by atoms with van der Waals surface area (Å²) in [5.74, 6) is -0.0432. The highest BCUT2D eigenvalue weighted by molar-refractivity contribution is 6.31. The summed E-state index contributed by atoms with van der Waals surface area (Å²) < 4.78 is 0. The second-order valence-corrected chi connectivity index (χ2v) is 7.33. The Balaban J connectivity index is 1.59. The molecule has 0 spiro atoms. The first-order valence-electron chi connectivity index (χ1n) is 9.56. The number of carbonyl (C=O) groups excluding carboxylic acids is 2. The van der Waals surface area contributed by atoms with Crippen LogP contribution < -0.4 is 5.32 Å². The standard InChI is InChI=1S/C22H25ClN2O2/c23-20-11-4-3-8-17(20)12-13-21(26)24-19-10-7-9-18(16-19)22(27)25-14-5-1-2-6-15-25/h3-4,7-11,16H,1-2,5-6,12-15H2,(H,24,26). The summed E-state index contributed by atoms with van der Waals surface area (Å²) in [4.78, 5) is 26.9. The Morgan fingerprint density at radius 1 is 0.963 bits per heavy atom. The molecule has 0 saturated carbocycles. The zero-order valence-corrected chi connectivity index (χ0v) is 16.2. The number of aryl methyl sites for hydroxylation is 1. The molecule has 0 radical (unpaired) electrons. The molecule has 1 heterocycles. The van der Waals surface area contributed by atoms with E-state index in [-0.39, 0.29) is 11.8 Å². The van der Waals surface area contributed by atoms with E-state index in [1.165, 1.54) is 12.8 Å². The molecule has 2 aromatic carbocycles. The van der Waals surface area contributed by atoms with Crippen LogP contribution in [-0.2, 0) is 11.2 Å². The van der Waals surface area contributed by atoms with Crippen molar-refractivity contribution in [1.29, 1.82) is 0 Å². The normalized spacial score (nSPS) is 14.5. The average Bonchev–Trinajstić information content (AvgIpc) is 2.96. The van der Waals surface area contributed by atoms with Gasteiger partial charge < -0.3 is 10.2 Å². The van der Waals surface area contributed by atoms with Crippen LogP contribution in [0, 0.1) is 0 Å². The van der Waals surface area contributed by atoms with Gasteiger partial charge in [0.15, 0.2) is 0 Å². The average molecular weight is 385 g/mol. The minimum atomic E-state index is -0.0886. The van der Waals surface area contributed by atoms with Crippen molar-refractivity contribution in [3.8, 4) is 0 Å². The lowest BCUT2D eigenvalue weighted by Gasteiger charge is -2.20. The van der Waals surface area contributed by atoms with Crippen LogP contribution >= 0.6 is 11.6 Å². The molecule has 2 aromatic rings. The highest BCUT2D eigenvalue weighted by Crippen LogP contribution is 2.19. The van der Waals surface area contributed by atoms with Crippen molar-refractivity contribution in [2.45, 2.75) is 38.5 Å². The largest absolute Gasteiger partial charge is 0.339 e. The lowest BCUT2D eigenvalue weighted by atomic mass is 10.1. The van der Waals surface area contributed by atoms with Gasteiger partial charge >= 0.3 is 0 Å². The number of halogens is 1. The fourth-order valence-electron chi connectivity index (χ4n) is 3.36. The first-order valence-corrected chi connectivity index (χ1v) is 9.94. The predicted molar refractivity (Wildman–Crippen MR) is 109 cm³/mol. The minimum Gasteiger partial charge on any atom is -0.339 e. The molecule has 0 unspecified atom stereocenters. The molecule has 3 rings (SSSR count). The second kappa shape index (κ2) is 9.56. The Morgan fingerprint density at radius 2 is 1.70 bits per heavy atom. The van der Waals surface area contributed by atoms with Gasteiger partial charge in [-0.05, 0) is 49.1 Å². The Labute approximate surface area is 165 Å². The minimum absolute atomic E-state index is 0.0454. The van der Waals surface area contributed by atoms with Crippen molar-refractivity contribution in [3.05, 3.63) is 64.7 Å². The van der Waals surface area contributed by atoms with Crippen LogP contribution in [0.2, 0.25) is 5.02 Å². The Bertz CT molecular complexity index is 798. The van der Waals surface area contributed by atoms with Gasteiger partial charge in [0, 0.05) is 35.8 Å². The third-order valence-corrected chi connectivity index (χ3v) is 5.23. The number of hydrogen-bond acceptors (Lipinski definition) is 2. The van der Waals surface area contributed by atoms with Crippen molar-refractivity contribution in [3.63, 3.8) is 0 Å². The molecular weight excluding hydrogens is 360 g/mol. The molecule has 1 N–H and O–H groups in total. The SMILES string of the molecule is O=C(CCc1ccccc1Cl)Nc1cccc(C(=O)N2CCCCCC2)c1. The molecule has 2 amide bonds. The van der Waals surface area contributed by atoms with Crippen LogP contribution in [0.4, 0.5) is 5.69 Å². The first kappa shape index (κ1) is 19.4. The van der Waals surface area contributed by atoms with Crippen molar-refractivity contribution in [2.75, 3.05) is 18.4 Å². The van der Waals surface area contributed by atoms with Crippen molar-refractivity contribution in [1.82, 2.24) is 4.90 Å². The molecule has 0 atom stereocenters. The van der Waals surface area contributed by atoms with Crippen LogP contribution in [0.25, 0.3) is 0 Å². The van der Waals surface area contributed by atoms with Crippen molar-refractivity contribution >= 4 is 29.1 Å². The number of nitrogens with zero attached hydrogens (tertiary/aromatic N) is 1. The monoisotopic (exact) mass is 384 g/mol. The van der Waals surface area contributed by atoms with E-state index < -0.39 is 0 Å². The molecule has 27 heavy (non-hydrogen) atoms. The number of rotatable bonds is 5. The Kier molecular flexibility index (Phi) is 6.88. The van der Waals surface area contributed by atoms with Gasteiger partial charge in [-0.3, -0.25) is 9.59 Å². The summed E-state index contributed by atoms with van der Waals surface area (Å²) in [5, 5.41) is 3.57.